The van der Waals surface area contributed by atoms with Crippen LogP contribution >= 0.6 is 0 Å². The number of hydrogen-bond acceptors (Lipinski definition) is 3. The van der Waals surface area contributed by atoms with E-state index in [9.17, 15) is 5.11 Å². The molecule has 18 heavy (non-hydrogen) atoms. The molecule has 0 radical (unpaired) electrons. The van der Waals surface area contributed by atoms with Crippen LogP contribution < -0.4 is 4.90 Å². The van der Waals surface area contributed by atoms with Crippen LogP contribution in [0.4, 0.5) is 5.69 Å². The molecule has 1 atom stereocenters. The molecule has 1 aromatic carbocycles. The average molecular weight is 240 g/mol. The largest absolute Gasteiger partial charge is 0.391 e. The molecule has 2 heterocycles. The third kappa shape index (κ3) is 2.22. The van der Waals surface area contributed by atoms with E-state index in [0.717, 1.165) is 36.5 Å². The lowest BCUT2D eigenvalue weighted by molar-refractivity contribution is 0.198. The molecule has 3 heteroatoms. The van der Waals surface area contributed by atoms with Crippen LogP contribution in [0.5, 0.6) is 0 Å². The summed E-state index contributed by atoms with van der Waals surface area (Å²) in [6.07, 6.45) is 2.49. The van der Waals surface area contributed by atoms with Crippen molar-refractivity contribution in [3.8, 4) is 11.3 Å². The second kappa shape index (κ2) is 4.78. The highest BCUT2D eigenvalue weighted by Gasteiger charge is 2.20. The SMILES string of the molecule is O[C@@H]1CCN(c2ccnc(-c3ccccc3)c2)C1. The Kier molecular flexibility index (Phi) is 2.99. The lowest BCUT2D eigenvalue weighted by atomic mass is 10.1. The number of nitrogens with zero attached hydrogens (tertiary/aromatic N) is 2. The smallest absolute Gasteiger partial charge is 0.0731 e. The van der Waals surface area contributed by atoms with E-state index >= 15 is 0 Å². The van der Waals surface area contributed by atoms with Crippen LogP contribution in [0.25, 0.3) is 11.3 Å². The second-order valence-electron chi connectivity index (χ2n) is 4.65. The topological polar surface area (TPSA) is 36.4 Å². The third-order valence-electron chi connectivity index (χ3n) is 3.34. The Morgan fingerprint density at radius 2 is 2.00 bits per heavy atom. The molecule has 3 nitrogen and oxygen atoms in total. The fourth-order valence-corrected chi connectivity index (χ4v) is 2.36. The number of β-amino-alcohol motifs (C(OH)–C–C–N with tert-alkyl or cyclic N) is 1. The molecule has 0 bridgehead atoms. The average Bonchev–Trinajstić information content (AvgIpc) is 2.87. The van der Waals surface area contributed by atoms with Crippen LogP contribution in [0.1, 0.15) is 6.42 Å². The Morgan fingerprint density at radius 3 is 2.72 bits per heavy atom. The summed E-state index contributed by atoms with van der Waals surface area (Å²) in [7, 11) is 0. The van der Waals surface area contributed by atoms with Crippen molar-refractivity contribution in [1.82, 2.24) is 4.98 Å². The summed E-state index contributed by atoms with van der Waals surface area (Å²) in [5, 5.41) is 9.59. The number of anilines is 1. The van der Waals surface area contributed by atoms with Gasteiger partial charge in [-0.25, -0.2) is 0 Å². The number of aromatic nitrogens is 1. The highest BCUT2D eigenvalue weighted by molar-refractivity contribution is 5.64. The molecule has 1 aromatic heterocycles. The Labute approximate surface area is 107 Å². The number of benzene rings is 1. The van der Waals surface area contributed by atoms with E-state index in [1.165, 1.54) is 0 Å². The molecule has 0 aliphatic carbocycles. The first-order valence-electron chi connectivity index (χ1n) is 6.27. The van der Waals surface area contributed by atoms with Crippen molar-refractivity contribution in [3.63, 3.8) is 0 Å². The summed E-state index contributed by atoms with van der Waals surface area (Å²) in [4.78, 5) is 6.62. The normalized spacial score (nSPS) is 19.2. The van der Waals surface area contributed by atoms with Gasteiger partial charge in [0.1, 0.15) is 0 Å². The molecule has 1 N–H and O–H groups in total. The molecule has 0 saturated carbocycles. The van der Waals surface area contributed by atoms with Gasteiger partial charge in [-0.2, -0.15) is 0 Å². The first-order valence-corrected chi connectivity index (χ1v) is 6.27. The monoisotopic (exact) mass is 240 g/mol. The van der Waals surface area contributed by atoms with Crippen molar-refractivity contribution < 1.29 is 5.11 Å². The summed E-state index contributed by atoms with van der Waals surface area (Å²) in [5.41, 5.74) is 3.24. The Morgan fingerprint density at radius 1 is 1.17 bits per heavy atom. The van der Waals surface area contributed by atoms with Crippen molar-refractivity contribution in [2.45, 2.75) is 12.5 Å². The number of aliphatic hydroxyl groups excluding tert-OH is 1. The van der Waals surface area contributed by atoms with Crippen molar-refractivity contribution in [1.29, 1.82) is 0 Å². The Balaban J connectivity index is 1.90. The summed E-state index contributed by atoms with van der Waals surface area (Å²) < 4.78 is 0. The molecule has 2 aromatic rings. The Hall–Kier alpha value is -1.87. The molecule has 3 rings (SSSR count). The van der Waals surface area contributed by atoms with Crippen molar-refractivity contribution in [2.24, 2.45) is 0 Å². The molecule has 0 spiro atoms. The highest BCUT2D eigenvalue weighted by atomic mass is 16.3. The van der Waals surface area contributed by atoms with Gasteiger partial charge in [0.2, 0.25) is 0 Å². The molecular weight excluding hydrogens is 224 g/mol. The third-order valence-corrected chi connectivity index (χ3v) is 3.34. The number of pyridine rings is 1. The molecule has 0 unspecified atom stereocenters. The van der Waals surface area contributed by atoms with Gasteiger partial charge in [-0.1, -0.05) is 30.3 Å². The summed E-state index contributed by atoms with van der Waals surface area (Å²) in [6.45, 7) is 1.64. The maximum atomic E-state index is 9.59. The second-order valence-corrected chi connectivity index (χ2v) is 4.65. The first-order chi connectivity index (χ1) is 8.83. The number of rotatable bonds is 2. The maximum Gasteiger partial charge on any atom is 0.0731 e. The molecule has 1 fully saturated rings. The number of aliphatic hydroxyl groups is 1. The van der Waals surface area contributed by atoms with E-state index in [-0.39, 0.29) is 6.10 Å². The molecule has 1 saturated heterocycles. The van der Waals surface area contributed by atoms with Gasteiger partial charge in [-0.05, 0) is 18.6 Å². The zero-order valence-corrected chi connectivity index (χ0v) is 10.2. The van der Waals surface area contributed by atoms with Gasteiger partial charge in [0.25, 0.3) is 0 Å². The lowest BCUT2D eigenvalue weighted by Crippen LogP contribution is -2.21. The molecule has 92 valence electrons. The predicted octanol–water partition coefficient (Wildman–Crippen LogP) is 2.32. The van der Waals surface area contributed by atoms with Gasteiger partial charge >= 0.3 is 0 Å². The van der Waals surface area contributed by atoms with Crippen LogP contribution in [0, 0.1) is 0 Å². The summed E-state index contributed by atoms with van der Waals surface area (Å²) >= 11 is 0. The Bertz CT molecular complexity index is 527. The van der Waals surface area contributed by atoms with E-state index in [2.05, 4.69) is 28.1 Å². The molecule has 1 aliphatic heterocycles. The zero-order valence-electron chi connectivity index (χ0n) is 10.2. The van der Waals surface area contributed by atoms with E-state index in [0.29, 0.717) is 0 Å². The van der Waals surface area contributed by atoms with Gasteiger partial charge in [-0.3, -0.25) is 4.98 Å². The maximum absolute atomic E-state index is 9.59. The quantitative estimate of drug-likeness (QED) is 0.875. The van der Waals surface area contributed by atoms with Crippen LogP contribution in [-0.2, 0) is 0 Å². The van der Waals surface area contributed by atoms with Gasteiger partial charge in [0, 0.05) is 30.5 Å². The minimum Gasteiger partial charge on any atom is -0.391 e. The van der Waals surface area contributed by atoms with Gasteiger partial charge in [0.05, 0.1) is 11.8 Å². The van der Waals surface area contributed by atoms with Crippen LogP contribution in [0.2, 0.25) is 0 Å². The standard InChI is InChI=1S/C15H16N2O/c18-14-7-9-17(11-14)13-6-8-16-15(10-13)12-4-2-1-3-5-12/h1-6,8,10,14,18H,7,9,11H2/t14-/m1/s1. The summed E-state index contributed by atoms with van der Waals surface area (Å²) in [6, 6.07) is 14.3. The first kappa shape index (κ1) is 11.2. The fourth-order valence-electron chi connectivity index (χ4n) is 2.36. The fraction of sp³-hybridized carbons (Fsp3) is 0.267. The lowest BCUT2D eigenvalue weighted by Gasteiger charge is -2.18. The van der Waals surface area contributed by atoms with Crippen LogP contribution in [-0.4, -0.2) is 29.3 Å². The minimum absolute atomic E-state index is 0.196. The van der Waals surface area contributed by atoms with E-state index in [1.807, 2.05) is 30.5 Å². The summed E-state index contributed by atoms with van der Waals surface area (Å²) in [5.74, 6) is 0. The molecular formula is C15H16N2O. The van der Waals surface area contributed by atoms with Crippen molar-refractivity contribution in [3.05, 3.63) is 48.7 Å². The van der Waals surface area contributed by atoms with Crippen LogP contribution in [0.3, 0.4) is 0 Å². The predicted molar refractivity (Wildman–Crippen MR) is 72.5 cm³/mol. The van der Waals surface area contributed by atoms with Crippen LogP contribution in [0.15, 0.2) is 48.7 Å². The van der Waals surface area contributed by atoms with E-state index in [4.69, 9.17) is 0 Å². The van der Waals surface area contributed by atoms with E-state index in [1.54, 1.807) is 0 Å². The van der Waals surface area contributed by atoms with Gasteiger partial charge in [0.15, 0.2) is 0 Å². The molecule has 1 aliphatic rings. The van der Waals surface area contributed by atoms with Crippen molar-refractivity contribution in [2.75, 3.05) is 18.0 Å². The highest BCUT2D eigenvalue weighted by Crippen LogP contribution is 2.24. The molecule has 0 amide bonds. The zero-order chi connectivity index (χ0) is 12.4. The number of hydrogen-bond donors (Lipinski definition) is 1. The van der Waals surface area contributed by atoms with E-state index < -0.39 is 0 Å². The van der Waals surface area contributed by atoms with Gasteiger partial charge < -0.3 is 10.0 Å². The van der Waals surface area contributed by atoms with Gasteiger partial charge in [-0.15, -0.1) is 0 Å². The minimum atomic E-state index is -0.196. The van der Waals surface area contributed by atoms with Crippen molar-refractivity contribution >= 4 is 5.69 Å².